The van der Waals surface area contributed by atoms with Gasteiger partial charge in [0.25, 0.3) is 0 Å². The van der Waals surface area contributed by atoms with Crippen molar-refractivity contribution in [3.63, 3.8) is 0 Å². The summed E-state index contributed by atoms with van der Waals surface area (Å²) in [5.74, 6) is -3.54. The van der Waals surface area contributed by atoms with Gasteiger partial charge in [-0.05, 0) is 6.54 Å². The first-order chi connectivity index (χ1) is 6.38. The van der Waals surface area contributed by atoms with E-state index < -0.39 is 24.1 Å². The lowest BCUT2D eigenvalue weighted by molar-refractivity contribution is -0.165. The number of carboxylic acid groups (broad SMARTS) is 2. The number of rotatable bonds is 4. The topological polar surface area (TPSA) is 141 Å². The van der Waals surface area contributed by atoms with Crippen molar-refractivity contribution >= 4 is 11.9 Å². The second kappa shape index (κ2) is 7.47. The number of aliphatic carboxylic acids is 2. The smallest absolute Gasteiger partial charge is 0.335 e. The number of carbonyl (C=O) groups is 2. The third-order valence-corrected chi connectivity index (χ3v) is 0.805. The van der Waals surface area contributed by atoms with E-state index in [2.05, 4.69) is 5.73 Å². The first kappa shape index (κ1) is 11.8. The molecule has 0 aromatic carbocycles. The lowest BCUT2D eigenvalue weighted by atomic mass is 10.2. The molecule has 0 rings (SSSR count). The van der Waals surface area contributed by atoms with E-state index in [0.29, 0.717) is 0 Å². The standard InChI is InChI=1S/C4H6O6.C2H7N/c5-1(3(7)8)2(6)4(9)10;1-2-3/h1-2,5-6H,(H,7,8)(H,9,10);2-3H2,1H3/i/hD. The van der Waals surface area contributed by atoms with Crippen molar-refractivity contribution in [2.75, 3.05) is 6.54 Å². The van der Waals surface area contributed by atoms with E-state index in [-0.39, 0.29) is 0 Å². The van der Waals surface area contributed by atoms with Gasteiger partial charge in [-0.2, -0.15) is 0 Å². The first-order valence-corrected chi connectivity index (χ1v) is 3.34. The molecule has 0 saturated carbocycles. The summed E-state index contributed by atoms with van der Waals surface area (Å²) in [7, 11) is 0. The highest BCUT2D eigenvalue weighted by molar-refractivity contribution is 5.82. The third-order valence-electron chi connectivity index (χ3n) is 0.805. The maximum atomic E-state index is 9.77. The van der Waals surface area contributed by atoms with Gasteiger partial charge >= 0.3 is 11.9 Å². The Labute approximate surface area is 75.9 Å². The molecule has 7 nitrogen and oxygen atoms in total. The Balaban J connectivity index is 0. The van der Waals surface area contributed by atoms with E-state index in [1.807, 2.05) is 6.92 Å². The fourth-order valence-corrected chi connectivity index (χ4v) is 0.270. The molecule has 0 amide bonds. The number of carboxylic acids is 2. The van der Waals surface area contributed by atoms with Gasteiger partial charge in [0, 0.05) is 0 Å². The Morgan fingerprint density at radius 3 is 1.62 bits per heavy atom. The normalized spacial score (nSPS) is 14.5. The van der Waals surface area contributed by atoms with Crippen LogP contribution < -0.4 is 5.73 Å². The lowest BCUT2D eigenvalue weighted by Crippen LogP contribution is -2.39. The highest BCUT2D eigenvalue weighted by Crippen LogP contribution is 1.92. The predicted molar refractivity (Wildman–Crippen MR) is 42.0 cm³/mol. The third kappa shape index (κ3) is 7.19. The summed E-state index contributed by atoms with van der Waals surface area (Å²) >= 11 is 0. The van der Waals surface area contributed by atoms with Crippen molar-refractivity contribution in [1.29, 1.82) is 0 Å². The maximum absolute atomic E-state index is 9.77. The van der Waals surface area contributed by atoms with E-state index in [0.717, 1.165) is 6.54 Å². The van der Waals surface area contributed by atoms with Gasteiger partial charge in [-0.3, -0.25) is 0 Å². The van der Waals surface area contributed by atoms with Crippen LogP contribution >= 0.6 is 0 Å². The molecule has 0 fully saturated rings. The van der Waals surface area contributed by atoms with Gasteiger partial charge in [0.2, 0.25) is 0 Å². The van der Waals surface area contributed by atoms with E-state index in [4.69, 9.17) is 21.8 Å². The second-order valence-electron chi connectivity index (χ2n) is 1.92. The molecule has 0 radical (unpaired) electrons. The SMILES string of the molecule is O=C(O)C(O)C(O)C(=O)O.[2H]NCC. The van der Waals surface area contributed by atoms with Crippen LogP contribution in [0.15, 0.2) is 0 Å². The molecule has 78 valence electrons. The molecular formula is C6H13NO6. The van der Waals surface area contributed by atoms with Crippen molar-refractivity contribution < 1.29 is 31.4 Å². The van der Waals surface area contributed by atoms with Crippen LogP contribution in [0.4, 0.5) is 0 Å². The molecule has 0 heterocycles. The van der Waals surface area contributed by atoms with Crippen LogP contribution in [0.3, 0.4) is 0 Å². The molecule has 0 aromatic rings. The molecule has 0 bridgehead atoms. The summed E-state index contributed by atoms with van der Waals surface area (Å²) in [4.78, 5) is 19.5. The molecule has 0 aromatic heterocycles. The first-order valence-electron chi connectivity index (χ1n) is 3.84. The van der Waals surface area contributed by atoms with Crippen LogP contribution in [-0.2, 0) is 9.59 Å². The molecule has 0 saturated heterocycles. The quantitative estimate of drug-likeness (QED) is 0.345. The van der Waals surface area contributed by atoms with Crippen LogP contribution in [0.1, 0.15) is 6.92 Å². The highest BCUT2D eigenvalue weighted by Gasteiger charge is 2.29. The number of hydrogen-bond donors (Lipinski definition) is 5. The van der Waals surface area contributed by atoms with Crippen LogP contribution in [0.5, 0.6) is 0 Å². The summed E-state index contributed by atoms with van der Waals surface area (Å²) in [6, 6.07) is 0. The number of nitrogens with two attached hydrogens (primary N) is 1. The molecule has 0 aliphatic rings. The van der Waals surface area contributed by atoms with Crippen molar-refractivity contribution in [3.8, 4) is 0 Å². The van der Waals surface area contributed by atoms with Gasteiger partial charge in [-0.1, -0.05) is 6.92 Å². The summed E-state index contributed by atoms with van der Waals surface area (Å²) in [5, 5.41) is 32.5. The van der Waals surface area contributed by atoms with Crippen LogP contribution in [0.25, 0.3) is 0 Å². The average molecular weight is 196 g/mol. The molecule has 2 atom stereocenters. The van der Waals surface area contributed by atoms with E-state index >= 15 is 0 Å². The van der Waals surface area contributed by atoms with E-state index in [1.54, 1.807) is 0 Å². The largest absolute Gasteiger partial charge is 0.479 e. The van der Waals surface area contributed by atoms with Gasteiger partial charge in [-0.15, -0.1) is 0 Å². The van der Waals surface area contributed by atoms with Crippen molar-refractivity contribution in [2.24, 2.45) is 5.73 Å². The fourth-order valence-electron chi connectivity index (χ4n) is 0.270. The molecular weight excluding hydrogens is 182 g/mol. The fraction of sp³-hybridized carbons (Fsp3) is 0.667. The van der Waals surface area contributed by atoms with Crippen LogP contribution in [0, 0.1) is 0 Å². The second-order valence-corrected chi connectivity index (χ2v) is 1.92. The molecule has 13 heavy (non-hydrogen) atoms. The average Bonchev–Trinajstić information content (AvgIpc) is 2.15. The summed E-state index contributed by atoms with van der Waals surface area (Å²) in [5.41, 5.74) is 2.18. The van der Waals surface area contributed by atoms with Gasteiger partial charge < -0.3 is 26.2 Å². The van der Waals surface area contributed by atoms with Crippen LogP contribution in [-0.4, -0.2) is 51.1 Å². The Morgan fingerprint density at radius 2 is 1.54 bits per heavy atom. The number of hydrogen-bond acceptors (Lipinski definition) is 5. The number of aliphatic hydroxyl groups excluding tert-OH is 2. The number of aliphatic hydroxyl groups is 2. The van der Waals surface area contributed by atoms with Crippen molar-refractivity contribution in [2.45, 2.75) is 19.1 Å². The minimum absolute atomic E-state index is 0.736. The zero-order chi connectivity index (χ0) is 11.7. The highest BCUT2D eigenvalue weighted by atomic mass is 16.4. The zero-order valence-electron chi connectivity index (χ0n) is 7.97. The Bertz CT molecular complexity index is 167. The Hall–Kier alpha value is -1.18. The summed E-state index contributed by atoms with van der Waals surface area (Å²) in [6.45, 7) is 2.62. The Kier molecular flexibility index (Phi) is 6.79. The predicted octanol–water partition coefficient (Wildman–Crippen LogP) is -2.16. The van der Waals surface area contributed by atoms with E-state index in [1.165, 1.54) is 0 Å². The minimum Gasteiger partial charge on any atom is -0.479 e. The summed E-state index contributed by atoms with van der Waals surface area (Å²) in [6.07, 6.45) is -4.53. The van der Waals surface area contributed by atoms with Crippen LogP contribution in [0.2, 0.25) is 1.41 Å². The van der Waals surface area contributed by atoms with Gasteiger partial charge in [-0.25, -0.2) is 9.59 Å². The summed E-state index contributed by atoms with van der Waals surface area (Å²) < 4.78 is 6.20. The van der Waals surface area contributed by atoms with Gasteiger partial charge in [0.05, 0.1) is 0 Å². The molecule has 7 heteroatoms. The van der Waals surface area contributed by atoms with Gasteiger partial charge in [0.15, 0.2) is 12.2 Å². The molecule has 2 unspecified atom stereocenters. The Morgan fingerprint density at radius 1 is 1.31 bits per heavy atom. The van der Waals surface area contributed by atoms with E-state index in [9.17, 15) is 9.59 Å². The van der Waals surface area contributed by atoms with Crippen molar-refractivity contribution in [1.82, 2.24) is 0 Å². The zero-order valence-corrected chi connectivity index (χ0v) is 6.97. The molecule has 0 aliphatic carbocycles. The molecule has 0 spiro atoms. The monoisotopic (exact) mass is 196 g/mol. The van der Waals surface area contributed by atoms with Crippen molar-refractivity contribution in [3.05, 3.63) is 0 Å². The minimum atomic E-state index is -2.27. The lowest BCUT2D eigenvalue weighted by Gasteiger charge is -2.07. The molecule has 0 aliphatic heterocycles. The van der Waals surface area contributed by atoms with Gasteiger partial charge in [0.1, 0.15) is 1.41 Å². The maximum Gasteiger partial charge on any atom is 0.335 e. The molecule has 6 N–H and O–H groups in total.